The first-order valence-electron chi connectivity index (χ1n) is 42.8. The van der Waals surface area contributed by atoms with Gasteiger partial charge >= 0.3 is 0 Å². The Morgan fingerprint density at radius 2 is 0.936 bits per heavy atom. The first-order valence-corrected chi connectivity index (χ1v) is 43.9. The number of aliphatic hydroxyl groups excluding tert-OH is 14. The smallest absolute Gasteiger partial charge is 0.161 e. The Kier molecular flexibility index (Phi) is 28.2. The van der Waals surface area contributed by atoms with E-state index in [1.807, 2.05) is 110 Å². The summed E-state index contributed by atoms with van der Waals surface area (Å²) >= 11 is 19.4. The van der Waals surface area contributed by atoms with E-state index >= 15 is 0 Å². The largest absolute Gasteiger partial charge is 0.493 e. The molecule has 9 aromatic carbocycles. The van der Waals surface area contributed by atoms with Gasteiger partial charge in [-0.3, -0.25) is 5.10 Å². The van der Waals surface area contributed by atoms with Gasteiger partial charge in [-0.1, -0.05) is 145 Å². The first kappa shape index (κ1) is 89.6. The Balaban J connectivity index is 0.000000123. The van der Waals surface area contributed by atoms with Gasteiger partial charge in [-0.25, -0.2) is 0 Å². The van der Waals surface area contributed by atoms with Crippen LogP contribution in [0.3, 0.4) is 0 Å². The SMILES string of the molecule is CC[C@H]1O[C@@H](c2ccc(Cl)c(Cc3ccc4c(c3)-c3[nH]ncc3CO4)c2)[C@H](O)[C@@H](O)[C@@H]1O.C[C@H]1O[C@@H](c2ccc(Cl)c(Cc3ccc4c(c3)Nc3ccccc3O4)c2)[C@H](O)[C@@H](O)[C@@H]1O.OC[C@H]1C[C@@H](c2ccc(Cl)c(Cc3ccc4c(c3)OCCO4)c2)[C@H](O)[C@@H](O)[C@@H]1O.OC[C@H]1O[C@@H](c2ccc(C3CCC3)c(Cc3ccc4c(c3)CCCO4)c2)[C@H](O)[C@@H](O)[C@@H]1O. The van der Waals surface area contributed by atoms with Gasteiger partial charge in [0.1, 0.15) is 117 Å². The molecule has 662 valence electrons. The zero-order valence-electron chi connectivity index (χ0n) is 69.0. The first-order chi connectivity index (χ1) is 60.4. The number of ether oxygens (including phenoxy) is 8. The maximum Gasteiger partial charge on any atom is 0.161 e. The summed E-state index contributed by atoms with van der Waals surface area (Å²) in [5.74, 6) is 4.44. The van der Waals surface area contributed by atoms with Crippen molar-refractivity contribution in [1.82, 2.24) is 10.2 Å². The molecule has 3 saturated heterocycles. The van der Waals surface area contributed by atoms with Crippen molar-refractivity contribution in [3.63, 3.8) is 0 Å². The lowest BCUT2D eigenvalue weighted by Gasteiger charge is -2.40. The predicted octanol–water partition coefficient (Wildman–Crippen LogP) is 11.7. The Bertz CT molecular complexity index is 5420. The molecule has 0 amide bonds. The quantitative estimate of drug-likeness (QED) is 0.0427. The molecule has 25 nitrogen and oxygen atoms in total. The van der Waals surface area contributed by atoms with Gasteiger partial charge in [0.15, 0.2) is 23.0 Å². The summed E-state index contributed by atoms with van der Waals surface area (Å²) in [6, 6.07) is 54.5. The zero-order chi connectivity index (χ0) is 87.6. The number of rotatable bonds is 16. The van der Waals surface area contributed by atoms with Gasteiger partial charge in [0.25, 0.3) is 0 Å². The standard InChI is InChI=1S/C26H32O6.C25H24ClNO5.C24H25ClN2O5.C22H25ClO6/c27-14-22-23(28)24(29)25(30)26(32-22)18-7-8-20(16-3-1-4-16)19(13-18)12-15-6-9-21-17(11-15)5-2-10-31-21;1-13-22(28)23(29)24(30)25(31-13)15-7-8-17(26)16(12-15)10-14-6-9-21-19(11-14)27-18-4-2-3-5-20(18)32-21;1-2-18-21(28)22(29)23(30)24(32-18)13-4-5-17(25)14(9-13)7-12-3-6-19-16(8-12)20-15(11-31-19)10-26-27-20;23-17-3-2-13(16-10-15(11-24)20(25)22(27)21(16)26)9-14(17)7-12-1-4-18-19(8-12)29-6-5-28-18/h6-9,11,13,16,22-30H,1-5,10,12,14H2;2-9,11-13,22-25,27-30H,10H2,1H3;3-6,8-10,18,21-24,28-30H,2,7,11H2,1H3,(H,26,27);1-4,8-9,15-16,20-22,24-27H,5-7,10-11H2/t22-,23-,24+,25-,26+;13-,22-,23+,24-,25+;18-,21-,22+,23-,24+;15-,16+,20-,21+,22+/m1111/s1. The average Bonchev–Trinajstić information content (AvgIpc) is 1.78. The van der Waals surface area contributed by atoms with Crippen molar-refractivity contribution in [2.75, 3.05) is 38.4 Å². The molecule has 20 atom stereocenters. The number of nitrogens with zero attached hydrogens (tertiary/aromatic N) is 1. The highest BCUT2D eigenvalue weighted by atomic mass is 35.5. The molecular formula is C97H106Cl3N3O22. The topological polar surface area (TPSA) is 398 Å². The van der Waals surface area contributed by atoms with Gasteiger partial charge in [0, 0.05) is 44.6 Å². The van der Waals surface area contributed by atoms with E-state index in [2.05, 4.69) is 51.9 Å². The highest BCUT2D eigenvalue weighted by Crippen LogP contribution is 2.47. The Labute approximate surface area is 738 Å². The number of aliphatic hydroxyl groups is 14. The van der Waals surface area contributed by atoms with Crippen LogP contribution in [-0.2, 0) is 52.9 Å². The highest BCUT2D eigenvalue weighted by Gasteiger charge is 2.48. The third-order valence-electron chi connectivity index (χ3n) is 25.6. The molecule has 16 N–H and O–H groups in total. The van der Waals surface area contributed by atoms with Gasteiger partial charge in [-0.15, -0.1) is 0 Å². The monoisotopic (exact) mass is 1770 g/mol. The van der Waals surface area contributed by atoms with Gasteiger partial charge in [0.05, 0.1) is 60.9 Å². The Morgan fingerprint density at radius 3 is 1.58 bits per heavy atom. The molecule has 1 aromatic heterocycles. The van der Waals surface area contributed by atoms with Crippen LogP contribution in [0.5, 0.6) is 34.5 Å². The maximum absolute atomic E-state index is 10.6. The number of hydrogen-bond donors (Lipinski definition) is 16. The lowest BCUT2D eigenvalue weighted by molar-refractivity contribution is -0.231. The van der Waals surface area contributed by atoms with Crippen LogP contribution >= 0.6 is 34.8 Å². The van der Waals surface area contributed by atoms with Crippen molar-refractivity contribution in [3.05, 3.63) is 275 Å². The highest BCUT2D eigenvalue weighted by molar-refractivity contribution is 6.32. The van der Waals surface area contributed by atoms with Crippen LogP contribution in [0.25, 0.3) is 11.3 Å². The Morgan fingerprint density at radius 1 is 0.416 bits per heavy atom. The number of hydrogen-bond acceptors (Lipinski definition) is 24. The van der Waals surface area contributed by atoms with Crippen LogP contribution in [0, 0.1) is 5.92 Å². The molecule has 7 aliphatic heterocycles. The molecule has 0 unspecified atom stereocenters. The molecule has 2 saturated carbocycles. The van der Waals surface area contributed by atoms with Crippen molar-refractivity contribution in [1.29, 1.82) is 0 Å². The summed E-state index contributed by atoms with van der Waals surface area (Å²) < 4.78 is 46.3. The van der Waals surface area contributed by atoms with Crippen LogP contribution in [0.2, 0.25) is 15.1 Å². The van der Waals surface area contributed by atoms with E-state index in [4.69, 9.17) is 72.7 Å². The van der Waals surface area contributed by atoms with Gasteiger partial charge in [-0.05, 0) is 228 Å². The van der Waals surface area contributed by atoms with Crippen molar-refractivity contribution < 1.29 is 109 Å². The number of para-hydroxylation sites is 2. The number of nitrogens with one attached hydrogen (secondary N) is 2. The van der Waals surface area contributed by atoms with Crippen molar-refractivity contribution in [2.24, 2.45) is 5.92 Å². The van der Waals surface area contributed by atoms with E-state index in [0.717, 1.165) is 127 Å². The van der Waals surface area contributed by atoms with Crippen LogP contribution in [0.4, 0.5) is 11.4 Å². The van der Waals surface area contributed by atoms with Crippen molar-refractivity contribution in [2.45, 2.75) is 213 Å². The molecule has 0 spiro atoms. The van der Waals surface area contributed by atoms with E-state index in [-0.39, 0.29) is 6.61 Å². The van der Waals surface area contributed by atoms with Crippen LogP contribution in [-0.4, -0.2) is 206 Å². The minimum atomic E-state index is -1.37. The van der Waals surface area contributed by atoms with E-state index < -0.39 is 128 Å². The number of benzene rings is 9. The lowest BCUT2D eigenvalue weighted by atomic mass is 9.73. The minimum absolute atomic E-state index is 0.251. The van der Waals surface area contributed by atoms with Gasteiger partial charge < -0.3 is 115 Å². The van der Waals surface area contributed by atoms with E-state index in [9.17, 15) is 71.5 Å². The molecule has 2 aliphatic carbocycles. The number of aromatic nitrogens is 2. The molecule has 19 rings (SSSR count). The van der Waals surface area contributed by atoms with E-state index in [0.29, 0.717) is 89.8 Å². The third-order valence-corrected chi connectivity index (χ3v) is 26.7. The Hall–Kier alpha value is -8.82. The van der Waals surface area contributed by atoms with Gasteiger partial charge in [0.2, 0.25) is 0 Å². The summed E-state index contributed by atoms with van der Waals surface area (Å²) in [5.41, 5.74) is 18.4. The fourth-order valence-electron chi connectivity index (χ4n) is 18.2. The molecule has 0 bridgehead atoms. The minimum Gasteiger partial charge on any atom is -0.493 e. The lowest BCUT2D eigenvalue weighted by Crippen LogP contribution is -2.55. The number of aromatic amines is 1. The summed E-state index contributed by atoms with van der Waals surface area (Å²) in [7, 11) is 0. The molecule has 9 aliphatic rings. The second-order valence-electron chi connectivity index (χ2n) is 33.9. The van der Waals surface area contributed by atoms with Crippen molar-refractivity contribution in [3.8, 4) is 45.8 Å². The van der Waals surface area contributed by atoms with Crippen molar-refractivity contribution >= 4 is 46.2 Å². The zero-order valence-corrected chi connectivity index (χ0v) is 71.3. The average molecular weight is 1770 g/mol. The normalized spacial score (nSPS) is 28.1. The number of anilines is 2. The fourth-order valence-corrected chi connectivity index (χ4v) is 18.7. The van der Waals surface area contributed by atoms with E-state index in [1.165, 1.54) is 41.5 Å². The molecule has 28 heteroatoms. The number of H-pyrrole nitrogens is 1. The van der Waals surface area contributed by atoms with Crippen LogP contribution in [0.1, 0.15) is 166 Å². The molecule has 0 radical (unpaired) electrons. The number of aryl methyl sites for hydroxylation is 1. The molecule has 10 aromatic rings. The van der Waals surface area contributed by atoms with E-state index in [1.54, 1.807) is 43.5 Å². The van der Waals surface area contributed by atoms with Crippen LogP contribution in [0.15, 0.2) is 176 Å². The second-order valence-corrected chi connectivity index (χ2v) is 35.1. The molecular weight excluding hydrogens is 1670 g/mol. The summed E-state index contributed by atoms with van der Waals surface area (Å²) in [6.07, 6.45) is -8.40. The molecule has 8 heterocycles. The summed E-state index contributed by atoms with van der Waals surface area (Å²) in [5, 5.41) is 155. The predicted molar refractivity (Wildman–Crippen MR) is 467 cm³/mol. The third kappa shape index (κ3) is 19.5. The second kappa shape index (κ2) is 39.4. The molecule has 5 fully saturated rings. The summed E-state index contributed by atoms with van der Waals surface area (Å²) in [4.78, 5) is 0. The summed E-state index contributed by atoms with van der Waals surface area (Å²) in [6.45, 7) is 5.20. The van der Waals surface area contributed by atoms with Crippen LogP contribution < -0.4 is 29.0 Å². The number of halogens is 3. The maximum atomic E-state index is 10.6. The number of fused-ring (bicyclic) bond motifs is 7. The fraction of sp³-hybridized carbons (Fsp3) is 0.412. The molecule has 125 heavy (non-hydrogen) atoms. The van der Waals surface area contributed by atoms with Gasteiger partial charge in [-0.2, -0.15) is 5.10 Å².